The van der Waals surface area contributed by atoms with Crippen molar-refractivity contribution in [1.82, 2.24) is 0 Å². The molecule has 0 saturated heterocycles. The van der Waals surface area contributed by atoms with Gasteiger partial charge in [-0.25, -0.2) is 0 Å². The van der Waals surface area contributed by atoms with Gasteiger partial charge < -0.3 is 32.2 Å². The van der Waals surface area contributed by atoms with Gasteiger partial charge >= 0.3 is 23.0 Å². The smallest absolute Gasteiger partial charge is 0.460 e. The number of aromatic hydroxyl groups is 1. The van der Waals surface area contributed by atoms with Crippen LogP contribution >= 0.6 is 23.0 Å². The van der Waals surface area contributed by atoms with Crippen molar-refractivity contribution in [2.75, 3.05) is 0 Å². The molecule has 246 valence electrons. The lowest BCUT2D eigenvalue weighted by molar-refractivity contribution is 0.441. The van der Waals surface area contributed by atoms with Crippen molar-refractivity contribution in [3.63, 3.8) is 0 Å². The molecule has 1 aliphatic heterocycles. The van der Waals surface area contributed by atoms with Crippen LogP contribution in [-0.2, 0) is 0 Å². The first kappa shape index (κ1) is 32.2. The van der Waals surface area contributed by atoms with Gasteiger partial charge in [0.1, 0.15) is 40.2 Å². The van der Waals surface area contributed by atoms with Gasteiger partial charge in [-0.1, -0.05) is 105 Å². The lowest BCUT2D eigenvalue weighted by Gasteiger charge is -2.33. The molecule has 49 heavy (non-hydrogen) atoms. The Balaban J connectivity index is 1.55. The second-order valence-corrected chi connectivity index (χ2v) is 16.5. The Bertz CT molecular complexity index is 1980. The first-order valence-corrected chi connectivity index (χ1v) is 19.7. The van der Waals surface area contributed by atoms with Crippen molar-refractivity contribution in [3.05, 3.63) is 176 Å². The maximum atomic E-state index is 10.1. The quantitative estimate of drug-likeness (QED) is 0.126. The molecular formula is C36H30N3O7P3. The Kier molecular flexibility index (Phi) is 9.45. The molecule has 1 atom stereocenters. The van der Waals surface area contributed by atoms with Gasteiger partial charge in [-0.05, 0) is 84.9 Å². The number of rotatable bonds is 12. The van der Waals surface area contributed by atoms with E-state index in [1.54, 1.807) is 72.8 Å². The van der Waals surface area contributed by atoms with E-state index in [1.807, 2.05) is 91.0 Å². The molecule has 0 bridgehead atoms. The summed E-state index contributed by atoms with van der Waals surface area (Å²) in [5.41, 5.74) is 0. The maximum absolute atomic E-state index is 10.1. The fourth-order valence-corrected chi connectivity index (χ4v) is 13.6. The molecule has 6 aromatic rings. The summed E-state index contributed by atoms with van der Waals surface area (Å²) < 4.78 is 55.7. The van der Waals surface area contributed by atoms with Gasteiger partial charge in [-0.2, -0.15) is 0 Å². The number of para-hydroxylation sites is 5. The van der Waals surface area contributed by atoms with Crippen LogP contribution in [0.5, 0.6) is 40.2 Å². The Hall–Kier alpha value is -5.39. The predicted molar refractivity (Wildman–Crippen MR) is 192 cm³/mol. The van der Waals surface area contributed by atoms with Gasteiger partial charge in [0.05, 0.1) is 0 Å². The molecule has 0 aromatic heterocycles. The van der Waals surface area contributed by atoms with E-state index in [2.05, 4.69) is 0 Å². The van der Waals surface area contributed by atoms with Crippen molar-refractivity contribution >= 4 is 23.0 Å². The average molecular weight is 710 g/mol. The molecule has 0 amide bonds. The summed E-state index contributed by atoms with van der Waals surface area (Å²) in [6.45, 7) is 0. The van der Waals surface area contributed by atoms with Crippen LogP contribution in [0.15, 0.2) is 189 Å². The van der Waals surface area contributed by atoms with E-state index in [1.165, 1.54) is 12.1 Å². The summed E-state index contributed by atoms with van der Waals surface area (Å²) in [6.07, 6.45) is 0. The number of phenols is 1. The highest BCUT2D eigenvalue weighted by Gasteiger charge is 2.48. The van der Waals surface area contributed by atoms with Crippen molar-refractivity contribution in [3.8, 4) is 40.2 Å². The number of nitrogens with zero attached hydrogens (tertiary/aromatic N) is 3. The van der Waals surface area contributed by atoms with Gasteiger partial charge in [0.15, 0.2) is 0 Å². The molecule has 1 unspecified atom stereocenters. The molecule has 0 saturated carbocycles. The van der Waals surface area contributed by atoms with Crippen LogP contribution in [0.2, 0.25) is 0 Å². The van der Waals surface area contributed by atoms with Gasteiger partial charge in [-0.3, -0.25) is 0 Å². The standard InChI is InChI=1S/C36H30N3O7P3/c40-30-26-28-36(29-27-30)46-49(45-35-24-14-5-15-25-35)38-47(41-31-16-6-1-7-17-31,42-32-18-8-2-9-19-32)37-48(39-49,43-33-20-10-3-11-21-33)44-34-22-12-4-13-23-34/h1-29,40H. The molecule has 0 radical (unpaired) electrons. The summed E-state index contributed by atoms with van der Waals surface area (Å²) in [5.74, 6) is 2.51. The molecule has 1 aliphatic rings. The number of hydrogen-bond donors (Lipinski definition) is 1. The third kappa shape index (κ3) is 8.19. The summed E-state index contributed by atoms with van der Waals surface area (Å²) >= 11 is 0. The zero-order chi connectivity index (χ0) is 33.4. The van der Waals surface area contributed by atoms with Gasteiger partial charge in [0.25, 0.3) is 0 Å². The molecule has 0 spiro atoms. The molecule has 13 heteroatoms. The minimum atomic E-state index is -3.97. The van der Waals surface area contributed by atoms with Gasteiger partial charge in [0.2, 0.25) is 0 Å². The highest BCUT2D eigenvalue weighted by Crippen LogP contribution is 2.78. The van der Waals surface area contributed by atoms with Crippen molar-refractivity contribution in [2.45, 2.75) is 0 Å². The molecule has 1 N–H and O–H groups in total. The van der Waals surface area contributed by atoms with Crippen molar-refractivity contribution < 1.29 is 32.2 Å². The lowest BCUT2D eigenvalue weighted by Crippen LogP contribution is -2.11. The van der Waals surface area contributed by atoms with E-state index < -0.39 is 23.0 Å². The van der Waals surface area contributed by atoms with Crippen molar-refractivity contribution in [2.24, 2.45) is 13.5 Å². The maximum Gasteiger partial charge on any atom is 0.460 e. The van der Waals surface area contributed by atoms with Crippen LogP contribution < -0.4 is 27.1 Å². The van der Waals surface area contributed by atoms with Crippen LogP contribution in [0.1, 0.15) is 0 Å². The second-order valence-electron chi connectivity index (χ2n) is 10.3. The third-order valence-electron chi connectivity index (χ3n) is 6.58. The van der Waals surface area contributed by atoms with E-state index in [9.17, 15) is 5.11 Å². The molecular weight excluding hydrogens is 679 g/mol. The number of hydrogen-bond acceptors (Lipinski definition) is 10. The minimum absolute atomic E-state index is 0.0552. The van der Waals surface area contributed by atoms with Gasteiger partial charge in [-0.15, -0.1) is 0 Å². The topological polar surface area (TPSA) is 113 Å². The number of phenolic OH excluding ortho intramolecular Hbond substituents is 1. The summed E-state index contributed by atoms with van der Waals surface area (Å²) in [4.78, 5) is 0. The first-order valence-electron chi connectivity index (χ1n) is 15.1. The van der Waals surface area contributed by atoms with Crippen molar-refractivity contribution in [1.29, 1.82) is 0 Å². The summed E-state index contributed by atoms with van der Waals surface area (Å²) in [5, 5.41) is 10.1. The van der Waals surface area contributed by atoms with E-state index in [0.717, 1.165) is 0 Å². The molecule has 0 aliphatic carbocycles. The fourth-order valence-electron chi connectivity index (χ4n) is 4.49. The van der Waals surface area contributed by atoms with Crippen LogP contribution in [-0.4, -0.2) is 5.11 Å². The zero-order valence-corrected chi connectivity index (χ0v) is 28.5. The molecule has 10 nitrogen and oxygen atoms in total. The first-order chi connectivity index (χ1) is 24.0. The predicted octanol–water partition coefficient (Wildman–Crippen LogP) is 12.0. The van der Waals surface area contributed by atoms with Crippen LogP contribution in [0.3, 0.4) is 0 Å². The molecule has 6 aromatic carbocycles. The molecule has 7 rings (SSSR count). The van der Waals surface area contributed by atoms with Crippen LogP contribution in [0.4, 0.5) is 0 Å². The minimum Gasteiger partial charge on any atom is -0.508 e. The SMILES string of the molecule is Oc1ccc(OP2(Oc3ccccc3)=NP(Oc3ccccc3)(Oc3ccccc3)=NP(Oc3ccccc3)(Oc3ccccc3)=N2)cc1. The largest absolute Gasteiger partial charge is 0.508 e. The van der Waals surface area contributed by atoms with Crippen LogP contribution in [0.25, 0.3) is 0 Å². The third-order valence-corrected chi connectivity index (χ3v) is 14.7. The Morgan fingerprint density at radius 3 is 0.714 bits per heavy atom. The Labute approximate surface area is 284 Å². The highest BCUT2D eigenvalue weighted by atomic mass is 31.3. The second kappa shape index (κ2) is 14.4. The van der Waals surface area contributed by atoms with E-state index in [0.29, 0.717) is 34.5 Å². The zero-order valence-electron chi connectivity index (χ0n) is 25.8. The Morgan fingerprint density at radius 1 is 0.286 bits per heavy atom. The summed E-state index contributed by atoms with van der Waals surface area (Å²) in [7, 11) is -11.8. The highest BCUT2D eigenvalue weighted by molar-refractivity contribution is 7.79. The number of benzene rings is 6. The summed E-state index contributed by atoms with van der Waals surface area (Å²) in [6, 6.07) is 51.6. The normalized spacial score (nSPS) is 17.1. The van der Waals surface area contributed by atoms with E-state index in [-0.39, 0.29) is 5.75 Å². The average Bonchev–Trinajstić information content (AvgIpc) is 3.11. The van der Waals surface area contributed by atoms with Gasteiger partial charge in [0, 0.05) is 0 Å². The lowest BCUT2D eigenvalue weighted by atomic mass is 10.3. The molecule has 1 heterocycles. The fraction of sp³-hybridized carbons (Fsp3) is 0. The Morgan fingerprint density at radius 2 is 0.490 bits per heavy atom. The van der Waals surface area contributed by atoms with Crippen LogP contribution in [0, 0.1) is 0 Å². The van der Waals surface area contributed by atoms with E-state index >= 15 is 0 Å². The molecule has 0 fully saturated rings. The monoisotopic (exact) mass is 709 g/mol. The van der Waals surface area contributed by atoms with E-state index in [4.69, 9.17) is 40.7 Å².